The van der Waals surface area contributed by atoms with Crippen LogP contribution in [-0.2, 0) is 14.3 Å². The number of carbonyl (C=O) groups is 2. The molecule has 1 atom stereocenters. The molecule has 0 spiro atoms. The Labute approximate surface area is 127 Å². The van der Waals surface area contributed by atoms with Crippen molar-refractivity contribution in [1.29, 1.82) is 0 Å². The van der Waals surface area contributed by atoms with E-state index in [0.29, 0.717) is 25.4 Å². The van der Waals surface area contributed by atoms with Gasteiger partial charge in [-0.15, -0.1) is 0 Å². The van der Waals surface area contributed by atoms with Crippen molar-refractivity contribution in [3.05, 3.63) is 0 Å². The minimum atomic E-state index is -1.05. The molecule has 1 fully saturated rings. The van der Waals surface area contributed by atoms with Crippen LogP contribution in [0.2, 0.25) is 0 Å². The first kappa shape index (κ1) is 18.0. The van der Waals surface area contributed by atoms with Gasteiger partial charge in [0.25, 0.3) is 5.91 Å². The summed E-state index contributed by atoms with van der Waals surface area (Å²) in [5.41, 5.74) is -1.05. The standard InChI is InChI=1S/C16H29NO4/c1-12(2)8-11-21-13(3)14(18)17(4)16(15(19)20)9-6-5-7-10-16/h12-13H,5-11H2,1-4H3,(H,19,20). The Morgan fingerprint density at radius 2 is 1.76 bits per heavy atom. The summed E-state index contributed by atoms with van der Waals surface area (Å²) in [5, 5.41) is 9.60. The molecule has 0 saturated heterocycles. The highest BCUT2D eigenvalue weighted by Gasteiger charge is 2.46. The molecule has 1 aliphatic rings. The van der Waals surface area contributed by atoms with E-state index in [9.17, 15) is 14.7 Å². The summed E-state index contributed by atoms with van der Waals surface area (Å²) in [6.45, 7) is 6.43. The topological polar surface area (TPSA) is 66.8 Å². The molecule has 0 aromatic heterocycles. The maximum Gasteiger partial charge on any atom is 0.329 e. The number of rotatable bonds is 7. The summed E-state index contributed by atoms with van der Waals surface area (Å²) in [6, 6.07) is 0. The Morgan fingerprint density at radius 1 is 1.19 bits per heavy atom. The van der Waals surface area contributed by atoms with Crippen LogP contribution in [0.1, 0.15) is 59.3 Å². The van der Waals surface area contributed by atoms with Gasteiger partial charge >= 0.3 is 5.97 Å². The molecule has 0 radical (unpaired) electrons. The quantitative estimate of drug-likeness (QED) is 0.785. The number of hydrogen-bond acceptors (Lipinski definition) is 3. The van der Waals surface area contributed by atoms with Gasteiger partial charge in [0.15, 0.2) is 0 Å². The third-order valence-electron chi connectivity index (χ3n) is 4.46. The largest absolute Gasteiger partial charge is 0.479 e. The van der Waals surface area contributed by atoms with Crippen molar-refractivity contribution in [2.45, 2.75) is 70.9 Å². The Balaban J connectivity index is 2.67. The molecule has 1 N–H and O–H groups in total. The van der Waals surface area contributed by atoms with Crippen molar-refractivity contribution in [3.63, 3.8) is 0 Å². The van der Waals surface area contributed by atoms with Crippen molar-refractivity contribution in [2.75, 3.05) is 13.7 Å². The highest BCUT2D eigenvalue weighted by Crippen LogP contribution is 2.33. The SMILES string of the molecule is CC(C)CCOC(C)C(=O)N(C)C1(C(=O)O)CCCCC1. The molecule has 1 saturated carbocycles. The van der Waals surface area contributed by atoms with Crippen molar-refractivity contribution in [2.24, 2.45) is 5.92 Å². The molecule has 5 heteroatoms. The van der Waals surface area contributed by atoms with Crippen LogP contribution in [0.3, 0.4) is 0 Å². The number of hydrogen-bond donors (Lipinski definition) is 1. The summed E-state index contributed by atoms with van der Waals surface area (Å²) < 4.78 is 5.57. The lowest BCUT2D eigenvalue weighted by atomic mass is 9.80. The lowest BCUT2D eigenvalue weighted by Crippen LogP contribution is -2.58. The molecule has 0 bridgehead atoms. The first-order valence-electron chi connectivity index (χ1n) is 7.94. The molecule has 1 unspecified atom stereocenters. The fraction of sp³-hybridized carbons (Fsp3) is 0.875. The van der Waals surface area contributed by atoms with Gasteiger partial charge < -0.3 is 14.7 Å². The van der Waals surface area contributed by atoms with E-state index in [-0.39, 0.29) is 5.91 Å². The molecule has 0 aliphatic heterocycles. The van der Waals surface area contributed by atoms with Crippen LogP contribution >= 0.6 is 0 Å². The Bertz CT molecular complexity index is 361. The van der Waals surface area contributed by atoms with E-state index in [1.165, 1.54) is 4.90 Å². The molecule has 0 heterocycles. The second-order valence-corrected chi connectivity index (χ2v) is 6.49. The van der Waals surface area contributed by atoms with Gasteiger partial charge in [0.2, 0.25) is 0 Å². The van der Waals surface area contributed by atoms with Gasteiger partial charge in [-0.2, -0.15) is 0 Å². The molecule has 122 valence electrons. The lowest BCUT2D eigenvalue weighted by Gasteiger charge is -2.41. The number of nitrogens with zero attached hydrogens (tertiary/aromatic N) is 1. The van der Waals surface area contributed by atoms with E-state index < -0.39 is 17.6 Å². The summed E-state index contributed by atoms with van der Waals surface area (Å²) in [7, 11) is 1.60. The van der Waals surface area contributed by atoms with Crippen LogP contribution in [0, 0.1) is 5.92 Å². The third kappa shape index (κ3) is 4.43. The highest BCUT2D eigenvalue weighted by molar-refractivity contribution is 5.89. The Hall–Kier alpha value is -1.10. The zero-order valence-corrected chi connectivity index (χ0v) is 13.7. The minimum Gasteiger partial charge on any atom is -0.479 e. The van der Waals surface area contributed by atoms with Gasteiger partial charge in [-0.3, -0.25) is 4.79 Å². The van der Waals surface area contributed by atoms with E-state index in [1.54, 1.807) is 14.0 Å². The van der Waals surface area contributed by atoms with Crippen LogP contribution in [-0.4, -0.2) is 47.2 Å². The first-order chi connectivity index (χ1) is 9.81. The fourth-order valence-electron chi connectivity index (χ4n) is 2.86. The van der Waals surface area contributed by atoms with Crippen LogP contribution in [0.4, 0.5) is 0 Å². The average Bonchev–Trinajstić information content (AvgIpc) is 2.45. The second kappa shape index (κ2) is 7.78. The number of carbonyl (C=O) groups excluding carboxylic acids is 1. The number of ether oxygens (including phenoxy) is 1. The normalized spacial score (nSPS) is 19.3. The number of aliphatic carboxylic acids is 1. The van der Waals surface area contributed by atoms with Crippen molar-refractivity contribution >= 4 is 11.9 Å². The second-order valence-electron chi connectivity index (χ2n) is 6.49. The monoisotopic (exact) mass is 299 g/mol. The summed E-state index contributed by atoms with van der Waals surface area (Å²) >= 11 is 0. The van der Waals surface area contributed by atoms with Crippen LogP contribution in [0.15, 0.2) is 0 Å². The van der Waals surface area contributed by atoms with Gasteiger partial charge in [0, 0.05) is 13.7 Å². The van der Waals surface area contributed by atoms with Crippen molar-refractivity contribution < 1.29 is 19.4 Å². The zero-order chi connectivity index (χ0) is 16.0. The van der Waals surface area contributed by atoms with Gasteiger partial charge in [0.1, 0.15) is 11.6 Å². The van der Waals surface area contributed by atoms with Crippen molar-refractivity contribution in [3.8, 4) is 0 Å². The third-order valence-corrected chi connectivity index (χ3v) is 4.46. The van der Waals surface area contributed by atoms with E-state index in [4.69, 9.17) is 4.74 Å². The van der Waals surface area contributed by atoms with Crippen LogP contribution in [0.25, 0.3) is 0 Å². The smallest absolute Gasteiger partial charge is 0.329 e. The Morgan fingerprint density at radius 3 is 2.24 bits per heavy atom. The maximum absolute atomic E-state index is 12.5. The highest BCUT2D eigenvalue weighted by atomic mass is 16.5. The molecule has 0 aromatic rings. The molecular formula is C16H29NO4. The van der Waals surface area contributed by atoms with E-state index >= 15 is 0 Å². The summed E-state index contributed by atoms with van der Waals surface area (Å²) in [4.78, 5) is 25.6. The maximum atomic E-state index is 12.5. The summed E-state index contributed by atoms with van der Waals surface area (Å²) in [5.74, 6) is -0.607. The van der Waals surface area contributed by atoms with Gasteiger partial charge in [0.05, 0.1) is 0 Å². The Kier molecular flexibility index (Phi) is 6.65. The van der Waals surface area contributed by atoms with Crippen molar-refractivity contribution in [1.82, 2.24) is 4.90 Å². The molecule has 0 aromatic carbocycles. The van der Waals surface area contributed by atoms with E-state index in [0.717, 1.165) is 25.7 Å². The predicted molar refractivity (Wildman–Crippen MR) is 81.1 cm³/mol. The van der Waals surface area contributed by atoms with Gasteiger partial charge in [-0.05, 0) is 32.1 Å². The predicted octanol–water partition coefficient (Wildman–Crippen LogP) is 2.68. The number of carboxylic acid groups (broad SMARTS) is 1. The summed E-state index contributed by atoms with van der Waals surface area (Å²) in [6.07, 6.45) is 4.11. The fourth-order valence-corrected chi connectivity index (χ4v) is 2.86. The molecular weight excluding hydrogens is 270 g/mol. The average molecular weight is 299 g/mol. The molecule has 1 aliphatic carbocycles. The lowest BCUT2D eigenvalue weighted by molar-refractivity contribution is -0.165. The first-order valence-corrected chi connectivity index (χ1v) is 7.94. The zero-order valence-electron chi connectivity index (χ0n) is 13.7. The number of likely N-dealkylation sites (N-methyl/N-ethyl adjacent to an activating group) is 1. The molecule has 1 rings (SSSR count). The molecule has 21 heavy (non-hydrogen) atoms. The van der Waals surface area contributed by atoms with E-state index in [2.05, 4.69) is 13.8 Å². The number of amides is 1. The van der Waals surface area contributed by atoms with Crippen LogP contribution < -0.4 is 0 Å². The van der Waals surface area contributed by atoms with Crippen LogP contribution in [0.5, 0.6) is 0 Å². The minimum absolute atomic E-state index is 0.233. The molecule has 5 nitrogen and oxygen atoms in total. The van der Waals surface area contributed by atoms with Gasteiger partial charge in [-0.1, -0.05) is 33.1 Å². The van der Waals surface area contributed by atoms with Gasteiger partial charge in [-0.25, -0.2) is 4.79 Å². The van der Waals surface area contributed by atoms with E-state index in [1.807, 2.05) is 0 Å². The number of carboxylic acids is 1. The molecule has 1 amide bonds.